The Morgan fingerprint density at radius 2 is 2.21 bits per heavy atom. The van der Waals surface area contributed by atoms with Gasteiger partial charge in [-0.3, -0.25) is 10.1 Å². The molecule has 1 rings (SSSR count). The van der Waals surface area contributed by atoms with Crippen molar-refractivity contribution in [3.63, 3.8) is 0 Å². The molecule has 0 spiro atoms. The molecule has 0 aliphatic rings. The Balaban J connectivity index is 2.63. The standard InChI is InChI=1S/C13H21N3O3/c1-3-5-6-10(4-2)9-19-13-8-11(16(17)18)7-12(14)15-13/h7-8,10H,3-6,9H2,1-2H3,(H2,14,15). The Labute approximate surface area is 113 Å². The Bertz CT molecular complexity index is 424. The van der Waals surface area contributed by atoms with Gasteiger partial charge in [0.15, 0.2) is 0 Å². The number of hydrogen-bond donors (Lipinski definition) is 1. The molecule has 1 aromatic rings. The molecule has 1 heterocycles. The van der Waals surface area contributed by atoms with E-state index in [-0.39, 0.29) is 17.4 Å². The third-order valence-electron chi connectivity index (χ3n) is 3.03. The molecule has 0 fully saturated rings. The van der Waals surface area contributed by atoms with Gasteiger partial charge in [-0.1, -0.05) is 33.1 Å². The first-order valence-corrected chi connectivity index (χ1v) is 6.61. The highest BCUT2D eigenvalue weighted by Crippen LogP contribution is 2.22. The van der Waals surface area contributed by atoms with Gasteiger partial charge in [0.25, 0.3) is 5.69 Å². The third-order valence-corrected chi connectivity index (χ3v) is 3.03. The summed E-state index contributed by atoms with van der Waals surface area (Å²) in [6.07, 6.45) is 4.42. The molecule has 6 heteroatoms. The number of nitrogens with zero attached hydrogens (tertiary/aromatic N) is 2. The summed E-state index contributed by atoms with van der Waals surface area (Å²) in [6.45, 7) is 4.78. The van der Waals surface area contributed by atoms with E-state index in [0.717, 1.165) is 25.7 Å². The van der Waals surface area contributed by atoms with Crippen molar-refractivity contribution in [3.8, 4) is 5.88 Å². The van der Waals surface area contributed by atoms with Crippen molar-refractivity contribution < 1.29 is 9.66 Å². The van der Waals surface area contributed by atoms with Crippen molar-refractivity contribution >= 4 is 11.5 Å². The van der Waals surface area contributed by atoms with Crippen LogP contribution in [0.15, 0.2) is 12.1 Å². The van der Waals surface area contributed by atoms with Crippen LogP contribution in [0.5, 0.6) is 5.88 Å². The normalized spacial score (nSPS) is 12.1. The van der Waals surface area contributed by atoms with Gasteiger partial charge in [0, 0.05) is 0 Å². The van der Waals surface area contributed by atoms with Gasteiger partial charge in [0.1, 0.15) is 5.82 Å². The third kappa shape index (κ3) is 5.11. The second-order valence-corrected chi connectivity index (χ2v) is 4.57. The Morgan fingerprint density at radius 3 is 2.79 bits per heavy atom. The average Bonchev–Trinajstić information content (AvgIpc) is 2.38. The lowest BCUT2D eigenvalue weighted by Gasteiger charge is -2.15. The number of ether oxygens (including phenoxy) is 1. The second-order valence-electron chi connectivity index (χ2n) is 4.57. The van der Waals surface area contributed by atoms with Crippen molar-refractivity contribution in [2.45, 2.75) is 39.5 Å². The number of nitrogens with two attached hydrogens (primary N) is 1. The van der Waals surface area contributed by atoms with Crippen LogP contribution in [0, 0.1) is 16.0 Å². The highest BCUT2D eigenvalue weighted by molar-refractivity contribution is 5.45. The Hall–Kier alpha value is -1.85. The fraction of sp³-hybridized carbons (Fsp3) is 0.615. The molecular formula is C13H21N3O3. The van der Waals surface area contributed by atoms with Crippen LogP contribution in [0.2, 0.25) is 0 Å². The van der Waals surface area contributed by atoms with E-state index >= 15 is 0 Å². The zero-order chi connectivity index (χ0) is 14.3. The van der Waals surface area contributed by atoms with Crippen LogP contribution < -0.4 is 10.5 Å². The summed E-state index contributed by atoms with van der Waals surface area (Å²) in [5.41, 5.74) is 5.43. The SMILES string of the molecule is CCCCC(CC)COc1cc([N+](=O)[O-])cc(N)n1. The molecule has 6 nitrogen and oxygen atoms in total. The lowest BCUT2D eigenvalue weighted by atomic mass is 10.0. The summed E-state index contributed by atoms with van der Waals surface area (Å²) in [5.74, 6) is 0.773. The smallest absolute Gasteiger partial charge is 0.278 e. The van der Waals surface area contributed by atoms with Gasteiger partial charge in [-0.15, -0.1) is 0 Å². The van der Waals surface area contributed by atoms with Crippen LogP contribution >= 0.6 is 0 Å². The van der Waals surface area contributed by atoms with Crippen LogP contribution in [0.3, 0.4) is 0 Å². The molecule has 0 saturated heterocycles. The lowest BCUT2D eigenvalue weighted by molar-refractivity contribution is -0.384. The Kier molecular flexibility index (Phi) is 6.05. The maximum absolute atomic E-state index is 10.7. The summed E-state index contributed by atoms with van der Waals surface area (Å²) in [4.78, 5) is 14.2. The minimum absolute atomic E-state index is 0.0934. The molecule has 0 aliphatic carbocycles. The van der Waals surface area contributed by atoms with Crippen LogP contribution in [-0.2, 0) is 0 Å². The lowest BCUT2D eigenvalue weighted by Crippen LogP contribution is -2.12. The van der Waals surface area contributed by atoms with E-state index in [1.807, 2.05) is 0 Å². The van der Waals surface area contributed by atoms with E-state index in [9.17, 15) is 10.1 Å². The summed E-state index contributed by atoms with van der Waals surface area (Å²) >= 11 is 0. The fourth-order valence-corrected chi connectivity index (χ4v) is 1.79. The zero-order valence-corrected chi connectivity index (χ0v) is 11.5. The number of nitro groups is 1. The first-order valence-electron chi connectivity index (χ1n) is 6.61. The molecular weight excluding hydrogens is 246 g/mol. The van der Waals surface area contributed by atoms with Crippen LogP contribution in [0.25, 0.3) is 0 Å². The van der Waals surface area contributed by atoms with E-state index < -0.39 is 4.92 Å². The number of anilines is 1. The van der Waals surface area contributed by atoms with E-state index in [1.165, 1.54) is 12.1 Å². The van der Waals surface area contributed by atoms with E-state index in [1.54, 1.807) is 0 Å². The number of pyridine rings is 1. The fourth-order valence-electron chi connectivity index (χ4n) is 1.79. The van der Waals surface area contributed by atoms with Crippen molar-refractivity contribution in [1.82, 2.24) is 4.98 Å². The van der Waals surface area contributed by atoms with Gasteiger partial charge in [0.2, 0.25) is 5.88 Å². The van der Waals surface area contributed by atoms with Crippen molar-refractivity contribution in [3.05, 3.63) is 22.2 Å². The molecule has 1 atom stereocenters. The first-order chi connectivity index (χ1) is 9.06. The number of rotatable bonds is 8. The highest BCUT2D eigenvalue weighted by atomic mass is 16.6. The van der Waals surface area contributed by atoms with E-state index in [2.05, 4.69) is 18.8 Å². The summed E-state index contributed by atoms with van der Waals surface area (Å²) in [6, 6.07) is 2.53. The van der Waals surface area contributed by atoms with Crippen LogP contribution in [0.1, 0.15) is 39.5 Å². The molecule has 2 N–H and O–H groups in total. The van der Waals surface area contributed by atoms with E-state index in [0.29, 0.717) is 12.5 Å². The number of nitrogen functional groups attached to an aromatic ring is 1. The van der Waals surface area contributed by atoms with Crippen molar-refractivity contribution in [1.29, 1.82) is 0 Å². The molecule has 0 aliphatic heterocycles. The van der Waals surface area contributed by atoms with Gasteiger partial charge in [0.05, 0.1) is 23.7 Å². The Morgan fingerprint density at radius 1 is 1.47 bits per heavy atom. The van der Waals surface area contributed by atoms with Crippen LogP contribution in [-0.4, -0.2) is 16.5 Å². The van der Waals surface area contributed by atoms with Gasteiger partial charge in [-0.2, -0.15) is 4.98 Å². The molecule has 1 aromatic heterocycles. The molecule has 0 bridgehead atoms. The van der Waals surface area contributed by atoms with Gasteiger partial charge < -0.3 is 10.5 Å². The molecule has 1 unspecified atom stereocenters. The van der Waals surface area contributed by atoms with E-state index in [4.69, 9.17) is 10.5 Å². The number of aromatic nitrogens is 1. The molecule has 0 aromatic carbocycles. The van der Waals surface area contributed by atoms with Crippen LogP contribution in [0.4, 0.5) is 11.5 Å². The average molecular weight is 267 g/mol. The molecule has 106 valence electrons. The highest BCUT2D eigenvalue weighted by Gasteiger charge is 2.12. The quantitative estimate of drug-likeness (QED) is 0.577. The minimum atomic E-state index is -0.501. The largest absolute Gasteiger partial charge is 0.477 e. The molecule has 0 saturated carbocycles. The van der Waals surface area contributed by atoms with Gasteiger partial charge in [-0.25, -0.2) is 0 Å². The number of unbranched alkanes of at least 4 members (excludes halogenated alkanes) is 1. The van der Waals surface area contributed by atoms with Crippen molar-refractivity contribution in [2.24, 2.45) is 5.92 Å². The molecule has 0 amide bonds. The van der Waals surface area contributed by atoms with Gasteiger partial charge in [-0.05, 0) is 12.3 Å². The predicted octanol–water partition coefficient (Wildman–Crippen LogP) is 3.17. The second kappa shape index (κ2) is 7.56. The van der Waals surface area contributed by atoms with Gasteiger partial charge >= 0.3 is 0 Å². The monoisotopic (exact) mass is 267 g/mol. The predicted molar refractivity (Wildman–Crippen MR) is 74.1 cm³/mol. The van der Waals surface area contributed by atoms with Crippen molar-refractivity contribution in [2.75, 3.05) is 12.3 Å². The summed E-state index contributed by atoms with van der Waals surface area (Å²) in [5, 5.41) is 10.7. The first kappa shape index (κ1) is 15.2. The zero-order valence-electron chi connectivity index (χ0n) is 11.5. The number of hydrogen-bond acceptors (Lipinski definition) is 5. The minimum Gasteiger partial charge on any atom is -0.477 e. The molecule has 0 radical (unpaired) electrons. The summed E-state index contributed by atoms with van der Waals surface area (Å²) < 4.78 is 5.53. The topological polar surface area (TPSA) is 91.3 Å². The maximum Gasteiger partial charge on any atom is 0.278 e. The summed E-state index contributed by atoms with van der Waals surface area (Å²) in [7, 11) is 0. The maximum atomic E-state index is 10.7. The molecule has 19 heavy (non-hydrogen) atoms.